The second-order valence-corrected chi connectivity index (χ2v) is 8.76. The van der Waals surface area contributed by atoms with Crippen LogP contribution in [-0.4, -0.2) is 22.0 Å². The third kappa shape index (κ3) is 4.37. The van der Waals surface area contributed by atoms with Crippen LogP contribution in [0.3, 0.4) is 0 Å². The first-order valence-electron chi connectivity index (χ1n) is 10.4. The lowest BCUT2D eigenvalue weighted by molar-refractivity contribution is 0.0696. The van der Waals surface area contributed by atoms with E-state index in [-0.39, 0.29) is 16.9 Å². The van der Waals surface area contributed by atoms with Gasteiger partial charge in [-0.1, -0.05) is 69.3 Å². The van der Waals surface area contributed by atoms with Crippen molar-refractivity contribution in [1.82, 2.24) is 4.98 Å². The summed E-state index contributed by atoms with van der Waals surface area (Å²) in [5.74, 6) is -1.24. The molecule has 4 aromatic rings. The fraction of sp³-hybridized carbons (Fsp3) is 0.148. The lowest BCUT2D eigenvalue weighted by atomic mass is 9.86. The Kier molecular flexibility index (Phi) is 5.49. The van der Waals surface area contributed by atoms with Crippen molar-refractivity contribution >= 4 is 28.5 Å². The largest absolute Gasteiger partial charge is 0.478 e. The minimum absolute atomic E-state index is 0.0603. The molecule has 0 unspecified atom stereocenters. The number of amides is 1. The zero-order valence-corrected chi connectivity index (χ0v) is 18.2. The number of fused-ring (bicyclic) bond motifs is 1. The molecule has 0 radical (unpaired) electrons. The highest BCUT2D eigenvalue weighted by Crippen LogP contribution is 2.29. The maximum Gasteiger partial charge on any atom is 0.337 e. The first kappa shape index (κ1) is 21.2. The number of carbonyl (C=O) groups excluding carboxylic acids is 1. The number of nitrogens with one attached hydrogen (secondary N) is 1. The Balaban J connectivity index is 1.62. The van der Waals surface area contributed by atoms with Gasteiger partial charge in [-0.2, -0.15) is 0 Å². The molecule has 5 nitrogen and oxygen atoms in total. The predicted octanol–water partition coefficient (Wildman–Crippen LogP) is 6.15. The van der Waals surface area contributed by atoms with Gasteiger partial charge in [0.15, 0.2) is 0 Å². The number of nitrogens with zero attached hydrogens (tertiary/aromatic N) is 1. The van der Waals surface area contributed by atoms with Gasteiger partial charge in [-0.3, -0.25) is 9.78 Å². The Bertz CT molecular complexity index is 1320. The van der Waals surface area contributed by atoms with Gasteiger partial charge in [-0.05, 0) is 46.4 Å². The molecule has 4 rings (SSSR count). The molecule has 3 aromatic carbocycles. The molecule has 0 aliphatic rings. The molecule has 1 heterocycles. The summed E-state index contributed by atoms with van der Waals surface area (Å²) >= 11 is 0. The molecule has 0 aliphatic heterocycles. The number of rotatable bonds is 4. The van der Waals surface area contributed by atoms with Crippen molar-refractivity contribution in [2.75, 3.05) is 5.32 Å². The smallest absolute Gasteiger partial charge is 0.337 e. The van der Waals surface area contributed by atoms with Crippen LogP contribution in [0.2, 0.25) is 0 Å². The van der Waals surface area contributed by atoms with Gasteiger partial charge in [-0.25, -0.2) is 4.79 Å². The fourth-order valence-electron chi connectivity index (χ4n) is 3.60. The number of carboxylic acid groups (broad SMARTS) is 1. The summed E-state index contributed by atoms with van der Waals surface area (Å²) in [6.45, 7) is 6.51. The third-order valence-corrected chi connectivity index (χ3v) is 5.42. The first-order valence-corrected chi connectivity index (χ1v) is 10.4. The minimum Gasteiger partial charge on any atom is -0.478 e. The van der Waals surface area contributed by atoms with Gasteiger partial charge in [0.25, 0.3) is 5.91 Å². The van der Waals surface area contributed by atoms with E-state index in [9.17, 15) is 9.59 Å². The lowest BCUT2D eigenvalue weighted by Gasteiger charge is -2.19. The molecule has 0 spiro atoms. The van der Waals surface area contributed by atoms with Crippen molar-refractivity contribution in [3.8, 4) is 11.1 Å². The van der Waals surface area contributed by atoms with Crippen molar-refractivity contribution in [3.05, 3.63) is 95.7 Å². The van der Waals surface area contributed by atoms with Crippen LogP contribution in [-0.2, 0) is 5.41 Å². The van der Waals surface area contributed by atoms with Gasteiger partial charge in [0, 0.05) is 22.8 Å². The molecule has 0 atom stereocenters. The average molecular weight is 425 g/mol. The molecule has 0 saturated heterocycles. The molecular weight excluding hydrogens is 400 g/mol. The van der Waals surface area contributed by atoms with Crippen LogP contribution in [0, 0.1) is 0 Å². The molecule has 2 N–H and O–H groups in total. The molecule has 32 heavy (non-hydrogen) atoms. The Morgan fingerprint density at radius 3 is 2.31 bits per heavy atom. The standard InChI is InChI=1S/C27H24N2O3/c1-27(2,3)20-11-8-17(9-12-20)22-6-4-5-7-23(22)25(30)29-21-13-10-18-14-19(26(31)32)16-28-24(18)15-21/h4-16H,1-3H3,(H,29,30)(H,31,32). The maximum absolute atomic E-state index is 13.1. The Hall–Kier alpha value is -3.99. The predicted molar refractivity (Wildman–Crippen MR) is 127 cm³/mol. The number of carboxylic acids is 1. The van der Waals surface area contributed by atoms with E-state index in [1.807, 2.05) is 30.3 Å². The van der Waals surface area contributed by atoms with Crippen molar-refractivity contribution in [1.29, 1.82) is 0 Å². The maximum atomic E-state index is 13.1. The van der Waals surface area contributed by atoms with Crippen molar-refractivity contribution in [3.63, 3.8) is 0 Å². The number of aromatic nitrogens is 1. The van der Waals surface area contributed by atoms with E-state index in [4.69, 9.17) is 5.11 Å². The Labute approximate surface area is 186 Å². The molecule has 5 heteroatoms. The van der Waals surface area contributed by atoms with E-state index in [0.29, 0.717) is 22.2 Å². The number of carbonyl (C=O) groups is 2. The molecule has 0 fully saturated rings. The number of aromatic carboxylic acids is 1. The van der Waals surface area contributed by atoms with Gasteiger partial charge in [0.2, 0.25) is 0 Å². The summed E-state index contributed by atoms with van der Waals surface area (Å²) in [6.07, 6.45) is 1.31. The van der Waals surface area contributed by atoms with Gasteiger partial charge < -0.3 is 10.4 Å². The van der Waals surface area contributed by atoms with Gasteiger partial charge in [0.1, 0.15) is 0 Å². The minimum atomic E-state index is -1.02. The topological polar surface area (TPSA) is 79.3 Å². The summed E-state index contributed by atoms with van der Waals surface area (Å²) < 4.78 is 0. The fourth-order valence-corrected chi connectivity index (χ4v) is 3.60. The summed E-state index contributed by atoms with van der Waals surface area (Å²) in [7, 11) is 0. The van der Waals surface area contributed by atoms with Crippen LogP contribution in [0.15, 0.2) is 79.0 Å². The number of pyridine rings is 1. The number of benzene rings is 3. The van der Waals surface area contributed by atoms with E-state index in [0.717, 1.165) is 11.1 Å². The van der Waals surface area contributed by atoms with Crippen LogP contribution in [0.4, 0.5) is 5.69 Å². The zero-order valence-electron chi connectivity index (χ0n) is 18.2. The van der Waals surface area contributed by atoms with E-state index in [2.05, 4.69) is 43.2 Å². The van der Waals surface area contributed by atoms with Gasteiger partial charge >= 0.3 is 5.97 Å². The van der Waals surface area contributed by atoms with Gasteiger partial charge in [0.05, 0.1) is 11.1 Å². The Morgan fingerprint density at radius 2 is 1.62 bits per heavy atom. The van der Waals surface area contributed by atoms with Crippen LogP contribution in [0.1, 0.15) is 47.1 Å². The lowest BCUT2D eigenvalue weighted by Crippen LogP contribution is -2.13. The third-order valence-electron chi connectivity index (χ3n) is 5.42. The van der Waals surface area contributed by atoms with Crippen LogP contribution >= 0.6 is 0 Å². The second-order valence-electron chi connectivity index (χ2n) is 8.76. The Morgan fingerprint density at radius 1 is 0.906 bits per heavy atom. The highest BCUT2D eigenvalue weighted by Gasteiger charge is 2.16. The first-order chi connectivity index (χ1) is 15.2. The van der Waals surface area contributed by atoms with E-state index in [1.54, 1.807) is 30.3 Å². The zero-order chi connectivity index (χ0) is 22.9. The SMILES string of the molecule is CC(C)(C)c1ccc(-c2ccccc2C(=O)Nc2ccc3cc(C(=O)O)cnc3c2)cc1. The molecule has 160 valence electrons. The monoisotopic (exact) mass is 424 g/mol. The normalized spacial score (nSPS) is 11.3. The molecular formula is C27H24N2O3. The number of hydrogen-bond acceptors (Lipinski definition) is 3. The summed E-state index contributed by atoms with van der Waals surface area (Å²) in [4.78, 5) is 28.4. The van der Waals surface area contributed by atoms with Gasteiger partial charge in [-0.15, -0.1) is 0 Å². The van der Waals surface area contributed by atoms with Crippen molar-refractivity contribution in [2.24, 2.45) is 0 Å². The summed E-state index contributed by atoms with van der Waals surface area (Å²) in [5.41, 5.74) is 5.03. The highest BCUT2D eigenvalue weighted by atomic mass is 16.4. The van der Waals surface area contributed by atoms with Crippen LogP contribution in [0.25, 0.3) is 22.0 Å². The molecule has 1 amide bonds. The van der Waals surface area contributed by atoms with E-state index < -0.39 is 5.97 Å². The van der Waals surface area contributed by atoms with Crippen LogP contribution < -0.4 is 5.32 Å². The highest BCUT2D eigenvalue weighted by molar-refractivity contribution is 6.09. The number of hydrogen-bond donors (Lipinski definition) is 2. The summed E-state index contributed by atoms with van der Waals surface area (Å²) in [5, 5.41) is 12.8. The van der Waals surface area contributed by atoms with Crippen LogP contribution in [0.5, 0.6) is 0 Å². The van der Waals surface area contributed by atoms with E-state index >= 15 is 0 Å². The van der Waals surface area contributed by atoms with E-state index in [1.165, 1.54) is 11.8 Å². The number of anilines is 1. The molecule has 0 bridgehead atoms. The summed E-state index contributed by atoms with van der Waals surface area (Å²) in [6, 6.07) is 22.6. The molecule has 1 aromatic heterocycles. The molecule has 0 saturated carbocycles. The molecule has 0 aliphatic carbocycles. The quantitative estimate of drug-likeness (QED) is 0.412. The van der Waals surface area contributed by atoms with Crippen molar-refractivity contribution < 1.29 is 14.7 Å². The average Bonchev–Trinajstić information content (AvgIpc) is 2.78. The second kappa shape index (κ2) is 8.27. The van der Waals surface area contributed by atoms with Crippen molar-refractivity contribution in [2.45, 2.75) is 26.2 Å².